The van der Waals surface area contributed by atoms with E-state index in [1.165, 1.54) is 32.8 Å². The Labute approximate surface area is 250 Å². The molecule has 0 saturated carbocycles. The number of para-hydroxylation sites is 2. The van der Waals surface area contributed by atoms with Crippen molar-refractivity contribution in [3.63, 3.8) is 0 Å². The molecule has 5 nitrogen and oxygen atoms in total. The topological polar surface area (TPSA) is 39.4 Å². The molecule has 8 rings (SSSR count). The summed E-state index contributed by atoms with van der Waals surface area (Å²) in [5, 5.41) is 4.71. The second-order valence-electron chi connectivity index (χ2n) is 11.7. The van der Waals surface area contributed by atoms with Crippen molar-refractivity contribution in [2.45, 2.75) is 32.5 Å². The van der Waals surface area contributed by atoms with Crippen LogP contribution in [0, 0.1) is 0 Å². The van der Waals surface area contributed by atoms with Gasteiger partial charge in [-0.2, -0.15) is 0 Å². The summed E-state index contributed by atoms with van der Waals surface area (Å²) in [6.07, 6.45) is 0. The van der Waals surface area contributed by atoms with Crippen LogP contribution in [0.2, 0.25) is 0 Å². The van der Waals surface area contributed by atoms with E-state index < -0.39 is 5.60 Å². The number of rotatable bonds is 5. The van der Waals surface area contributed by atoms with E-state index in [0.29, 0.717) is 5.56 Å². The Morgan fingerprint density at radius 3 is 1.65 bits per heavy atom. The molecule has 5 heteroatoms. The van der Waals surface area contributed by atoms with Gasteiger partial charge < -0.3 is 18.8 Å². The molecule has 0 unspecified atom stereocenters. The minimum atomic E-state index is -1.11. The zero-order valence-electron chi connectivity index (χ0n) is 24.9. The highest BCUT2D eigenvalue weighted by Gasteiger charge is 2.49. The van der Waals surface area contributed by atoms with Crippen molar-refractivity contribution in [3.8, 4) is 0 Å². The van der Waals surface area contributed by atoms with Crippen molar-refractivity contribution in [1.29, 1.82) is 0 Å². The maximum absolute atomic E-state index is 13.7. The predicted molar refractivity (Wildman–Crippen MR) is 176 cm³/mol. The van der Waals surface area contributed by atoms with Crippen LogP contribution in [-0.2, 0) is 23.4 Å². The lowest BCUT2D eigenvalue weighted by Crippen LogP contribution is -2.29. The van der Waals surface area contributed by atoms with E-state index in [9.17, 15) is 4.79 Å². The summed E-state index contributed by atoms with van der Waals surface area (Å²) in [7, 11) is 4.05. The molecule has 7 aromatic rings. The van der Waals surface area contributed by atoms with E-state index in [1.807, 2.05) is 26.2 Å². The standard InChI is InChI=1S/C38H33N3O2/c1-5-40-33-13-9-7-11-27(33)30-21-24(15-19-35(30)40)38(32-23-26(39(3)4)17-18-29(32)37(42)43-38)25-16-20-36-31(22-25)28-12-8-10-14-34(28)41(36)6-2/h7-23H,5-6H2,1-4H3. The number of fused-ring (bicyclic) bond motifs is 7. The van der Waals surface area contributed by atoms with Crippen LogP contribution in [0.15, 0.2) is 103 Å². The number of anilines is 1. The van der Waals surface area contributed by atoms with E-state index in [0.717, 1.165) is 46.2 Å². The van der Waals surface area contributed by atoms with Crippen molar-refractivity contribution in [2.24, 2.45) is 0 Å². The van der Waals surface area contributed by atoms with Crippen molar-refractivity contribution in [1.82, 2.24) is 9.13 Å². The maximum Gasteiger partial charge on any atom is 0.340 e. The van der Waals surface area contributed by atoms with Gasteiger partial charge in [-0.05, 0) is 68.4 Å². The van der Waals surface area contributed by atoms with Crippen LogP contribution in [0.5, 0.6) is 0 Å². The molecule has 0 spiro atoms. The second-order valence-corrected chi connectivity index (χ2v) is 11.7. The average Bonchev–Trinajstić information content (AvgIpc) is 3.65. The van der Waals surface area contributed by atoms with Gasteiger partial charge in [-0.25, -0.2) is 4.79 Å². The van der Waals surface area contributed by atoms with Gasteiger partial charge in [0.15, 0.2) is 5.60 Å². The summed E-state index contributed by atoms with van der Waals surface area (Å²) in [6, 6.07) is 36.3. The van der Waals surface area contributed by atoms with Crippen LogP contribution in [0.3, 0.4) is 0 Å². The third-order valence-corrected chi connectivity index (χ3v) is 9.35. The number of carbonyl (C=O) groups excluding carboxylic acids is 1. The van der Waals surface area contributed by atoms with Crippen LogP contribution >= 0.6 is 0 Å². The molecule has 0 fully saturated rings. The van der Waals surface area contributed by atoms with Crippen LogP contribution < -0.4 is 4.90 Å². The number of benzene rings is 5. The van der Waals surface area contributed by atoms with Crippen LogP contribution in [0.4, 0.5) is 5.69 Å². The van der Waals surface area contributed by atoms with Gasteiger partial charge in [0.05, 0.1) is 5.56 Å². The van der Waals surface area contributed by atoms with Crippen molar-refractivity contribution < 1.29 is 9.53 Å². The van der Waals surface area contributed by atoms with Gasteiger partial charge in [0, 0.05) is 93.2 Å². The van der Waals surface area contributed by atoms with Crippen LogP contribution in [0.1, 0.15) is 40.9 Å². The van der Waals surface area contributed by atoms with Gasteiger partial charge in [-0.15, -0.1) is 0 Å². The zero-order chi connectivity index (χ0) is 29.5. The summed E-state index contributed by atoms with van der Waals surface area (Å²) in [6.45, 7) is 6.11. The molecule has 0 atom stereocenters. The number of carbonyl (C=O) groups is 1. The second kappa shape index (κ2) is 9.23. The number of ether oxygens (including phenoxy) is 1. The van der Waals surface area contributed by atoms with E-state index in [-0.39, 0.29) is 5.97 Å². The van der Waals surface area contributed by atoms with Gasteiger partial charge in [0.1, 0.15) is 0 Å². The molecule has 1 aliphatic heterocycles. The fourth-order valence-electron chi connectivity index (χ4n) is 7.35. The first-order chi connectivity index (χ1) is 21.0. The lowest BCUT2D eigenvalue weighted by Gasteiger charge is -2.31. The van der Waals surface area contributed by atoms with E-state index >= 15 is 0 Å². The summed E-state index contributed by atoms with van der Waals surface area (Å²) < 4.78 is 11.3. The maximum atomic E-state index is 13.7. The van der Waals surface area contributed by atoms with Crippen molar-refractivity contribution >= 4 is 55.3 Å². The molecule has 0 aliphatic carbocycles. The molecule has 0 amide bonds. The molecule has 43 heavy (non-hydrogen) atoms. The van der Waals surface area contributed by atoms with Gasteiger partial charge in [-0.1, -0.05) is 48.5 Å². The molecule has 2 aromatic heterocycles. The van der Waals surface area contributed by atoms with E-state index in [4.69, 9.17) is 4.74 Å². The highest BCUT2D eigenvalue weighted by atomic mass is 16.6. The Morgan fingerprint density at radius 2 is 1.14 bits per heavy atom. The minimum Gasteiger partial charge on any atom is -0.441 e. The Kier molecular flexibility index (Phi) is 5.51. The summed E-state index contributed by atoms with van der Waals surface area (Å²) in [5.74, 6) is -0.299. The monoisotopic (exact) mass is 563 g/mol. The molecular formula is C38H33N3O2. The third-order valence-electron chi connectivity index (χ3n) is 9.35. The SMILES string of the molecule is CCn1c2ccccc2c2cc(C3(c4ccc5c(c4)c4ccccc4n5CC)OC(=O)c4ccc(N(C)C)cc43)ccc21. The highest BCUT2D eigenvalue weighted by Crippen LogP contribution is 2.50. The summed E-state index contributed by atoms with van der Waals surface area (Å²) in [5.41, 5.74) is 8.06. The molecule has 3 heterocycles. The lowest BCUT2D eigenvalue weighted by atomic mass is 9.79. The zero-order valence-corrected chi connectivity index (χ0v) is 24.9. The quantitative estimate of drug-likeness (QED) is 0.197. The van der Waals surface area contributed by atoms with Crippen molar-refractivity contribution in [3.05, 3.63) is 125 Å². The molecule has 0 N–H and O–H groups in total. The van der Waals surface area contributed by atoms with Crippen LogP contribution in [0.25, 0.3) is 43.6 Å². The molecule has 0 radical (unpaired) electrons. The van der Waals surface area contributed by atoms with Gasteiger partial charge >= 0.3 is 5.97 Å². The highest BCUT2D eigenvalue weighted by molar-refractivity contribution is 6.10. The fourth-order valence-corrected chi connectivity index (χ4v) is 7.35. The van der Waals surface area contributed by atoms with E-state index in [1.54, 1.807) is 0 Å². The number of hydrogen-bond donors (Lipinski definition) is 0. The number of nitrogens with zero attached hydrogens (tertiary/aromatic N) is 3. The Hall–Kier alpha value is -5.03. The Morgan fingerprint density at radius 1 is 0.628 bits per heavy atom. The Bertz CT molecular complexity index is 2130. The normalized spacial score (nSPS) is 14.2. The largest absolute Gasteiger partial charge is 0.441 e. The van der Waals surface area contributed by atoms with Gasteiger partial charge in [0.25, 0.3) is 0 Å². The van der Waals surface area contributed by atoms with Gasteiger partial charge in [-0.3, -0.25) is 0 Å². The van der Waals surface area contributed by atoms with Gasteiger partial charge in [0.2, 0.25) is 0 Å². The lowest BCUT2D eigenvalue weighted by molar-refractivity contribution is 0.0252. The summed E-state index contributed by atoms with van der Waals surface area (Å²) >= 11 is 0. The molecule has 5 aromatic carbocycles. The smallest absolute Gasteiger partial charge is 0.340 e. The molecule has 0 bridgehead atoms. The molecule has 0 saturated heterocycles. The number of esters is 1. The predicted octanol–water partition coefficient (Wildman–Crippen LogP) is 8.47. The van der Waals surface area contributed by atoms with Crippen LogP contribution in [-0.4, -0.2) is 29.2 Å². The van der Waals surface area contributed by atoms with E-state index in [2.05, 4.69) is 119 Å². The first-order valence-corrected chi connectivity index (χ1v) is 15.0. The molecule has 1 aliphatic rings. The number of cyclic esters (lactones) is 1. The molecule has 212 valence electrons. The number of hydrogen-bond acceptors (Lipinski definition) is 3. The summed E-state index contributed by atoms with van der Waals surface area (Å²) in [4.78, 5) is 15.8. The Balaban J connectivity index is 1.48. The first-order valence-electron chi connectivity index (χ1n) is 15.0. The fraction of sp³-hybridized carbons (Fsp3) is 0.184. The molecular weight excluding hydrogens is 530 g/mol. The van der Waals surface area contributed by atoms with Crippen molar-refractivity contribution in [2.75, 3.05) is 19.0 Å². The first kappa shape index (κ1) is 25.7. The number of aromatic nitrogens is 2. The number of aryl methyl sites for hydroxylation is 2. The third kappa shape index (κ3) is 3.42. The average molecular weight is 564 g/mol. The minimum absolute atomic E-state index is 0.299.